The van der Waals surface area contributed by atoms with E-state index in [1.54, 1.807) is 13.1 Å². The van der Waals surface area contributed by atoms with Crippen LogP contribution in [-0.4, -0.2) is 14.9 Å². The molecular weight excluding hydrogens is 259 g/mol. The molecule has 1 aromatic carbocycles. The summed E-state index contributed by atoms with van der Waals surface area (Å²) in [5.74, 6) is 0. The summed E-state index contributed by atoms with van der Waals surface area (Å²) in [5.41, 5.74) is 5.31. The number of nitrogens with zero attached hydrogens (tertiary/aromatic N) is 2. The number of aliphatic hydroxyl groups excluding tert-OH is 1. The van der Waals surface area contributed by atoms with Gasteiger partial charge in [0.15, 0.2) is 0 Å². The van der Waals surface area contributed by atoms with Crippen LogP contribution in [-0.2, 0) is 13.2 Å². The summed E-state index contributed by atoms with van der Waals surface area (Å²) >= 11 is 0. The van der Waals surface area contributed by atoms with Crippen molar-refractivity contribution in [3.8, 4) is 0 Å². The maximum absolute atomic E-state index is 12.5. The van der Waals surface area contributed by atoms with Crippen LogP contribution in [0.2, 0.25) is 0 Å². The molecule has 0 amide bonds. The third-order valence-corrected chi connectivity index (χ3v) is 2.85. The van der Waals surface area contributed by atoms with E-state index in [1.807, 2.05) is 0 Å². The summed E-state index contributed by atoms with van der Waals surface area (Å²) in [7, 11) is 1.62. The molecule has 0 saturated carbocycles. The van der Waals surface area contributed by atoms with Gasteiger partial charge in [-0.15, -0.1) is 0 Å². The normalized spacial score (nSPS) is 13.5. The van der Waals surface area contributed by atoms with Crippen LogP contribution >= 0.6 is 0 Å². The zero-order valence-corrected chi connectivity index (χ0v) is 10.0. The van der Waals surface area contributed by atoms with E-state index in [1.165, 1.54) is 16.9 Å². The summed E-state index contributed by atoms with van der Waals surface area (Å²) < 4.78 is 39.0. The number of benzene rings is 1. The van der Waals surface area contributed by atoms with Crippen molar-refractivity contribution >= 4 is 5.69 Å². The van der Waals surface area contributed by atoms with Gasteiger partial charge in [0, 0.05) is 24.5 Å². The molecule has 0 aliphatic heterocycles. The van der Waals surface area contributed by atoms with Gasteiger partial charge >= 0.3 is 6.18 Å². The molecule has 0 spiro atoms. The van der Waals surface area contributed by atoms with Gasteiger partial charge in [-0.2, -0.15) is 18.3 Å². The molecule has 1 aromatic heterocycles. The van der Waals surface area contributed by atoms with E-state index in [4.69, 9.17) is 5.73 Å². The maximum Gasteiger partial charge on any atom is 0.416 e. The second kappa shape index (κ2) is 4.58. The van der Waals surface area contributed by atoms with Crippen LogP contribution in [0.15, 0.2) is 30.5 Å². The second-order valence-corrected chi connectivity index (χ2v) is 4.12. The third kappa shape index (κ3) is 2.55. The van der Waals surface area contributed by atoms with E-state index >= 15 is 0 Å². The van der Waals surface area contributed by atoms with E-state index in [-0.39, 0.29) is 11.3 Å². The van der Waals surface area contributed by atoms with Crippen molar-refractivity contribution < 1.29 is 18.3 Å². The van der Waals surface area contributed by atoms with Crippen LogP contribution in [0.25, 0.3) is 0 Å². The summed E-state index contributed by atoms with van der Waals surface area (Å²) in [6, 6.07) is 4.46. The molecule has 2 aromatic rings. The first-order valence-electron chi connectivity index (χ1n) is 5.43. The quantitative estimate of drug-likeness (QED) is 0.822. The number of alkyl halides is 3. The molecule has 2 rings (SSSR count). The number of anilines is 1. The molecule has 19 heavy (non-hydrogen) atoms. The molecule has 7 heteroatoms. The fourth-order valence-electron chi connectivity index (χ4n) is 1.81. The molecule has 4 nitrogen and oxygen atoms in total. The average Bonchev–Trinajstić information content (AvgIpc) is 2.73. The van der Waals surface area contributed by atoms with Crippen LogP contribution < -0.4 is 5.73 Å². The molecule has 0 saturated heterocycles. The Kier molecular flexibility index (Phi) is 3.23. The summed E-state index contributed by atoms with van der Waals surface area (Å²) in [5, 5.41) is 14.0. The smallest absolute Gasteiger partial charge is 0.398 e. The summed E-state index contributed by atoms with van der Waals surface area (Å²) in [6.07, 6.45) is -4.09. The molecule has 1 heterocycles. The lowest BCUT2D eigenvalue weighted by Crippen LogP contribution is -2.11. The first kappa shape index (κ1) is 13.4. The molecule has 1 unspecified atom stereocenters. The minimum absolute atomic E-state index is 0.108. The van der Waals surface area contributed by atoms with Gasteiger partial charge in [-0.05, 0) is 18.2 Å². The standard InChI is InChI=1S/C12H12F3N3O/c1-18-10(4-5-17-18)11(19)8-3-2-7(6-9(8)16)12(13,14)15/h2-6,11,19H,16H2,1H3. The first-order chi connectivity index (χ1) is 8.80. The molecule has 1 atom stereocenters. The van der Waals surface area contributed by atoms with E-state index in [0.29, 0.717) is 5.69 Å². The molecular formula is C12H12F3N3O. The highest BCUT2D eigenvalue weighted by Crippen LogP contribution is 2.34. The molecule has 3 N–H and O–H groups in total. The van der Waals surface area contributed by atoms with E-state index < -0.39 is 17.8 Å². The van der Waals surface area contributed by atoms with Gasteiger partial charge in [0.05, 0.1) is 11.3 Å². The number of nitrogen functional groups attached to an aromatic ring is 1. The lowest BCUT2D eigenvalue weighted by molar-refractivity contribution is -0.137. The Labute approximate surface area is 107 Å². The predicted molar refractivity (Wildman–Crippen MR) is 63.1 cm³/mol. The monoisotopic (exact) mass is 271 g/mol. The van der Waals surface area contributed by atoms with Crippen molar-refractivity contribution in [1.82, 2.24) is 9.78 Å². The minimum atomic E-state index is -4.45. The van der Waals surface area contributed by atoms with Gasteiger partial charge in [-0.3, -0.25) is 4.68 Å². The molecule has 0 aliphatic carbocycles. The number of aliphatic hydroxyl groups is 1. The summed E-state index contributed by atoms with van der Waals surface area (Å²) in [6.45, 7) is 0. The third-order valence-electron chi connectivity index (χ3n) is 2.85. The lowest BCUT2D eigenvalue weighted by Gasteiger charge is -2.15. The Balaban J connectivity index is 2.39. The summed E-state index contributed by atoms with van der Waals surface area (Å²) in [4.78, 5) is 0. The van der Waals surface area contributed by atoms with Crippen molar-refractivity contribution in [1.29, 1.82) is 0 Å². The largest absolute Gasteiger partial charge is 0.416 e. The SMILES string of the molecule is Cn1nccc1C(O)c1ccc(C(F)(F)F)cc1N. The Bertz CT molecular complexity index is 592. The molecule has 0 radical (unpaired) electrons. The zero-order valence-electron chi connectivity index (χ0n) is 10.0. The van der Waals surface area contributed by atoms with E-state index in [9.17, 15) is 18.3 Å². The number of hydrogen-bond acceptors (Lipinski definition) is 3. The fraction of sp³-hybridized carbons (Fsp3) is 0.250. The second-order valence-electron chi connectivity index (χ2n) is 4.12. The maximum atomic E-state index is 12.5. The van der Waals surface area contributed by atoms with Crippen LogP contribution in [0, 0.1) is 0 Å². The number of hydrogen-bond donors (Lipinski definition) is 2. The Morgan fingerprint density at radius 3 is 2.47 bits per heavy atom. The van der Waals surface area contributed by atoms with Gasteiger partial charge in [-0.1, -0.05) is 6.07 Å². The first-order valence-corrected chi connectivity index (χ1v) is 5.43. The molecule has 102 valence electrons. The number of rotatable bonds is 2. The number of nitrogens with two attached hydrogens (primary N) is 1. The predicted octanol–water partition coefficient (Wildman–Crippen LogP) is 2.10. The topological polar surface area (TPSA) is 64.1 Å². The van der Waals surface area contributed by atoms with Gasteiger partial charge in [0.1, 0.15) is 6.10 Å². The lowest BCUT2D eigenvalue weighted by atomic mass is 10.0. The van der Waals surface area contributed by atoms with Gasteiger partial charge in [-0.25, -0.2) is 0 Å². The minimum Gasteiger partial charge on any atom is -0.398 e. The highest BCUT2D eigenvalue weighted by atomic mass is 19.4. The van der Waals surface area contributed by atoms with E-state index in [2.05, 4.69) is 5.10 Å². The highest BCUT2D eigenvalue weighted by Gasteiger charge is 2.31. The van der Waals surface area contributed by atoms with Crippen LogP contribution in [0.4, 0.5) is 18.9 Å². The van der Waals surface area contributed by atoms with Gasteiger partial charge in [0.2, 0.25) is 0 Å². The van der Waals surface area contributed by atoms with E-state index in [0.717, 1.165) is 12.1 Å². The molecule has 0 bridgehead atoms. The fourth-order valence-corrected chi connectivity index (χ4v) is 1.81. The van der Waals surface area contributed by atoms with Crippen LogP contribution in [0.3, 0.4) is 0 Å². The Hall–Kier alpha value is -2.02. The molecule has 0 aliphatic rings. The van der Waals surface area contributed by atoms with Crippen molar-refractivity contribution in [2.45, 2.75) is 12.3 Å². The van der Waals surface area contributed by atoms with Gasteiger partial charge < -0.3 is 10.8 Å². The number of halogens is 3. The number of aryl methyl sites for hydroxylation is 1. The van der Waals surface area contributed by atoms with Gasteiger partial charge in [0.25, 0.3) is 0 Å². The zero-order chi connectivity index (χ0) is 14.2. The van der Waals surface area contributed by atoms with Crippen molar-refractivity contribution in [3.63, 3.8) is 0 Å². The Morgan fingerprint density at radius 2 is 2.00 bits per heavy atom. The Morgan fingerprint density at radius 1 is 1.32 bits per heavy atom. The average molecular weight is 271 g/mol. The number of aromatic nitrogens is 2. The van der Waals surface area contributed by atoms with Crippen molar-refractivity contribution in [2.75, 3.05) is 5.73 Å². The highest BCUT2D eigenvalue weighted by molar-refractivity contribution is 5.52. The van der Waals surface area contributed by atoms with Crippen LogP contribution in [0.1, 0.15) is 22.9 Å². The van der Waals surface area contributed by atoms with Crippen molar-refractivity contribution in [3.05, 3.63) is 47.3 Å². The van der Waals surface area contributed by atoms with Crippen LogP contribution in [0.5, 0.6) is 0 Å². The van der Waals surface area contributed by atoms with Crippen molar-refractivity contribution in [2.24, 2.45) is 7.05 Å². The molecule has 0 fully saturated rings.